The molecule has 0 radical (unpaired) electrons. The van der Waals surface area contributed by atoms with Crippen molar-refractivity contribution in [2.24, 2.45) is 0 Å². The third kappa shape index (κ3) is 3.86. The molecule has 4 heteroatoms. The van der Waals surface area contributed by atoms with Gasteiger partial charge >= 0.3 is 0 Å². The number of rotatable bonds is 3. The number of likely N-dealkylation sites (tertiary alicyclic amines) is 1. The highest BCUT2D eigenvalue weighted by Gasteiger charge is 2.15. The molecule has 1 aliphatic rings. The molecule has 1 aromatic rings. The Hall–Kier alpha value is -0.800. The molecule has 0 saturated carbocycles. The molecule has 94 valence electrons. The molecule has 0 bridgehead atoms. The lowest BCUT2D eigenvalue weighted by molar-refractivity contribution is 0.300. The molecule has 1 atom stereocenters. The van der Waals surface area contributed by atoms with E-state index in [2.05, 4.69) is 22.1 Å². The molecular weight excluding hydrogens is 234 g/mol. The van der Waals surface area contributed by atoms with Crippen molar-refractivity contribution in [3.05, 3.63) is 23.4 Å². The Bertz CT molecular complexity index is 356. The lowest BCUT2D eigenvalue weighted by Gasteiger charge is -2.18. The fourth-order valence-corrected chi connectivity index (χ4v) is 2.48. The standard InChI is InChI=1S/C13H20ClN3/c1-2-17-9-4-5-11(8-10-17)15-13-7-3-6-12(14)16-13/h3,6-7,11H,2,4-5,8-10H2,1H3,(H,15,16). The van der Waals surface area contributed by atoms with Crippen LogP contribution in [0.4, 0.5) is 5.82 Å². The van der Waals surface area contributed by atoms with Crippen molar-refractivity contribution in [2.45, 2.75) is 32.2 Å². The molecule has 0 aliphatic carbocycles. The van der Waals surface area contributed by atoms with Gasteiger partial charge in [-0.1, -0.05) is 24.6 Å². The minimum atomic E-state index is 0.525. The number of hydrogen-bond acceptors (Lipinski definition) is 3. The first-order valence-electron chi connectivity index (χ1n) is 6.39. The molecule has 2 rings (SSSR count). The van der Waals surface area contributed by atoms with Gasteiger partial charge in [-0.25, -0.2) is 4.98 Å². The van der Waals surface area contributed by atoms with Gasteiger partial charge in [0.15, 0.2) is 0 Å². The van der Waals surface area contributed by atoms with Crippen molar-refractivity contribution in [1.82, 2.24) is 9.88 Å². The predicted octanol–water partition coefficient (Wildman–Crippen LogP) is 3.02. The van der Waals surface area contributed by atoms with E-state index < -0.39 is 0 Å². The Morgan fingerprint density at radius 1 is 1.41 bits per heavy atom. The Morgan fingerprint density at radius 2 is 2.29 bits per heavy atom. The first kappa shape index (κ1) is 12.7. The highest BCUT2D eigenvalue weighted by atomic mass is 35.5. The Kier molecular flexibility index (Phi) is 4.63. The normalized spacial score (nSPS) is 22.1. The first-order chi connectivity index (χ1) is 8.28. The van der Waals surface area contributed by atoms with E-state index in [0.717, 1.165) is 12.4 Å². The molecule has 1 saturated heterocycles. The van der Waals surface area contributed by atoms with Crippen LogP contribution < -0.4 is 5.32 Å². The number of halogens is 1. The Labute approximate surface area is 108 Å². The van der Waals surface area contributed by atoms with Crippen LogP contribution in [0.3, 0.4) is 0 Å². The van der Waals surface area contributed by atoms with Gasteiger partial charge in [-0.3, -0.25) is 0 Å². The summed E-state index contributed by atoms with van der Waals surface area (Å²) in [7, 11) is 0. The molecule has 0 spiro atoms. The average molecular weight is 254 g/mol. The summed E-state index contributed by atoms with van der Waals surface area (Å²) in [4.78, 5) is 6.78. The fraction of sp³-hybridized carbons (Fsp3) is 0.615. The summed E-state index contributed by atoms with van der Waals surface area (Å²) in [5.41, 5.74) is 0. The van der Waals surface area contributed by atoms with Crippen LogP contribution in [0.1, 0.15) is 26.2 Å². The number of aromatic nitrogens is 1. The summed E-state index contributed by atoms with van der Waals surface area (Å²) in [5, 5.41) is 4.04. The minimum absolute atomic E-state index is 0.525. The Morgan fingerprint density at radius 3 is 3.06 bits per heavy atom. The molecule has 0 amide bonds. The van der Waals surface area contributed by atoms with Gasteiger partial charge in [0.2, 0.25) is 0 Å². The van der Waals surface area contributed by atoms with Crippen LogP contribution in [0.5, 0.6) is 0 Å². The molecule has 2 heterocycles. The van der Waals surface area contributed by atoms with Gasteiger partial charge in [0, 0.05) is 12.6 Å². The van der Waals surface area contributed by atoms with Crippen molar-refractivity contribution in [3.63, 3.8) is 0 Å². The summed E-state index contributed by atoms with van der Waals surface area (Å²) in [5.74, 6) is 0.896. The third-order valence-corrected chi connectivity index (χ3v) is 3.55. The zero-order valence-corrected chi connectivity index (χ0v) is 11.1. The highest BCUT2D eigenvalue weighted by Crippen LogP contribution is 2.16. The maximum atomic E-state index is 5.88. The first-order valence-corrected chi connectivity index (χ1v) is 6.77. The minimum Gasteiger partial charge on any atom is -0.367 e. The zero-order valence-electron chi connectivity index (χ0n) is 10.3. The topological polar surface area (TPSA) is 28.2 Å². The van der Waals surface area contributed by atoms with Crippen LogP contribution in [0.25, 0.3) is 0 Å². The molecule has 1 N–H and O–H groups in total. The number of pyridine rings is 1. The molecule has 3 nitrogen and oxygen atoms in total. The summed E-state index contributed by atoms with van der Waals surface area (Å²) in [6.07, 6.45) is 3.65. The van der Waals surface area contributed by atoms with Gasteiger partial charge in [-0.15, -0.1) is 0 Å². The van der Waals surface area contributed by atoms with Gasteiger partial charge in [0.25, 0.3) is 0 Å². The van der Waals surface area contributed by atoms with E-state index in [9.17, 15) is 0 Å². The van der Waals surface area contributed by atoms with E-state index in [1.54, 1.807) is 6.07 Å². The van der Waals surface area contributed by atoms with Crippen LogP contribution in [0, 0.1) is 0 Å². The lowest BCUT2D eigenvalue weighted by atomic mass is 10.1. The van der Waals surface area contributed by atoms with E-state index >= 15 is 0 Å². The van der Waals surface area contributed by atoms with Gasteiger partial charge in [0.1, 0.15) is 11.0 Å². The molecule has 17 heavy (non-hydrogen) atoms. The lowest BCUT2D eigenvalue weighted by Crippen LogP contribution is -2.26. The van der Waals surface area contributed by atoms with Crippen LogP contribution >= 0.6 is 11.6 Å². The number of anilines is 1. The maximum absolute atomic E-state index is 5.88. The third-order valence-electron chi connectivity index (χ3n) is 3.34. The van der Waals surface area contributed by atoms with Crippen molar-refractivity contribution >= 4 is 17.4 Å². The SMILES string of the molecule is CCN1CCCC(Nc2cccc(Cl)n2)CC1. The van der Waals surface area contributed by atoms with E-state index in [1.807, 2.05) is 12.1 Å². The van der Waals surface area contributed by atoms with Crippen LogP contribution in [-0.4, -0.2) is 35.6 Å². The molecule has 1 fully saturated rings. The van der Waals surface area contributed by atoms with E-state index in [0.29, 0.717) is 11.2 Å². The molecule has 1 unspecified atom stereocenters. The average Bonchev–Trinajstić information content (AvgIpc) is 2.54. The number of hydrogen-bond donors (Lipinski definition) is 1. The second-order valence-corrected chi connectivity index (χ2v) is 4.94. The van der Waals surface area contributed by atoms with Crippen LogP contribution in [0.15, 0.2) is 18.2 Å². The largest absolute Gasteiger partial charge is 0.367 e. The van der Waals surface area contributed by atoms with E-state index in [4.69, 9.17) is 11.6 Å². The number of nitrogens with zero attached hydrogens (tertiary/aromatic N) is 2. The van der Waals surface area contributed by atoms with Gasteiger partial charge in [-0.05, 0) is 44.5 Å². The Balaban J connectivity index is 1.90. The second-order valence-electron chi connectivity index (χ2n) is 4.55. The summed E-state index contributed by atoms with van der Waals surface area (Å²) < 4.78 is 0. The number of nitrogens with one attached hydrogen (secondary N) is 1. The van der Waals surface area contributed by atoms with Crippen molar-refractivity contribution < 1.29 is 0 Å². The molecule has 1 aliphatic heterocycles. The van der Waals surface area contributed by atoms with Crippen LogP contribution in [0.2, 0.25) is 5.15 Å². The maximum Gasteiger partial charge on any atom is 0.131 e. The monoisotopic (exact) mass is 253 g/mol. The van der Waals surface area contributed by atoms with Crippen molar-refractivity contribution in [3.8, 4) is 0 Å². The summed E-state index contributed by atoms with van der Waals surface area (Å²) in [6, 6.07) is 6.25. The van der Waals surface area contributed by atoms with E-state index in [-0.39, 0.29) is 0 Å². The fourth-order valence-electron chi connectivity index (χ4n) is 2.31. The molecular formula is C13H20ClN3. The predicted molar refractivity (Wildman–Crippen MR) is 72.6 cm³/mol. The van der Waals surface area contributed by atoms with Crippen molar-refractivity contribution in [2.75, 3.05) is 25.0 Å². The molecule has 1 aromatic heterocycles. The van der Waals surface area contributed by atoms with Crippen molar-refractivity contribution in [1.29, 1.82) is 0 Å². The highest BCUT2D eigenvalue weighted by molar-refractivity contribution is 6.29. The van der Waals surface area contributed by atoms with Gasteiger partial charge in [-0.2, -0.15) is 0 Å². The van der Waals surface area contributed by atoms with Gasteiger partial charge in [0.05, 0.1) is 0 Å². The summed E-state index contributed by atoms with van der Waals surface area (Å²) in [6.45, 7) is 5.78. The van der Waals surface area contributed by atoms with Gasteiger partial charge < -0.3 is 10.2 Å². The summed E-state index contributed by atoms with van der Waals surface area (Å²) >= 11 is 5.88. The smallest absolute Gasteiger partial charge is 0.131 e. The quantitative estimate of drug-likeness (QED) is 0.840. The zero-order chi connectivity index (χ0) is 12.1. The second kappa shape index (κ2) is 6.22. The van der Waals surface area contributed by atoms with Crippen LogP contribution in [-0.2, 0) is 0 Å². The molecule has 0 aromatic carbocycles. The van der Waals surface area contributed by atoms with E-state index in [1.165, 1.54) is 32.4 Å².